The third-order valence-corrected chi connectivity index (χ3v) is 4.17. The monoisotopic (exact) mass is 335 g/mol. The fraction of sp³-hybridized carbons (Fsp3) is 0. The average Bonchev–Trinajstić information content (AvgIpc) is 2.62. The van der Waals surface area contributed by atoms with Gasteiger partial charge in [0.15, 0.2) is 0 Å². The molecule has 0 amide bonds. The first-order valence-corrected chi connectivity index (χ1v) is 8.01. The zero-order valence-electron chi connectivity index (χ0n) is 12.6. The maximum absolute atomic E-state index is 10.7. The number of non-ortho nitro benzene ring substituents is 1. The fourth-order valence-corrected chi connectivity index (χ4v) is 2.78. The first kappa shape index (κ1) is 15.9. The topological polar surface area (TPSA) is 67.9 Å². The molecule has 0 aromatic heterocycles. The van der Waals surface area contributed by atoms with Crippen molar-refractivity contribution in [3.05, 3.63) is 89.0 Å². The molecule has 6 heteroatoms. The Kier molecular flexibility index (Phi) is 4.98. The van der Waals surface area contributed by atoms with E-state index in [2.05, 4.69) is 10.2 Å². The second-order valence-corrected chi connectivity index (χ2v) is 6.03. The Labute approximate surface area is 143 Å². The Morgan fingerprint density at radius 1 is 0.708 bits per heavy atom. The highest BCUT2D eigenvalue weighted by molar-refractivity contribution is 7.99. The van der Waals surface area contributed by atoms with E-state index < -0.39 is 4.92 Å². The van der Waals surface area contributed by atoms with Gasteiger partial charge in [-0.3, -0.25) is 10.1 Å². The van der Waals surface area contributed by atoms with E-state index in [1.807, 2.05) is 54.6 Å². The van der Waals surface area contributed by atoms with Gasteiger partial charge in [-0.05, 0) is 48.5 Å². The number of hydrogen-bond donors (Lipinski definition) is 0. The van der Waals surface area contributed by atoms with Crippen LogP contribution in [0.3, 0.4) is 0 Å². The number of nitrogens with zero attached hydrogens (tertiary/aromatic N) is 3. The van der Waals surface area contributed by atoms with Gasteiger partial charge in [-0.25, -0.2) is 0 Å². The van der Waals surface area contributed by atoms with Crippen LogP contribution in [0.25, 0.3) is 0 Å². The lowest BCUT2D eigenvalue weighted by molar-refractivity contribution is -0.384. The number of benzene rings is 3. The predicted octanol–water partition coefficient (Wildman–Crippen LogP) is 6.16. The lowest BCUT2D eigenvalue weighted by Crippen LogP contribution is -1.86. The van der Waals surface area contributed by atoms with Crippen LogP contribution in [0.15, 0.2) is 98.9 Å². The maximum atomic E-state index is 10.7. The van der Waals surface area contributed by atoms with Gasteiger partial charge in [0, 0.05) is 21.9 Å². The molecule has 0 unspecified atom stereocenters. The molecule has 0 aliphatic carbocycles. The van der Waals surface area contributed by atoms with Gasteiger partial charge >= 0.3 is 0 Å². The van der Waals surface area contributed by atoms with Crippen LogP contribution in [0.1, 0.15) is 0 Å². The van der Waals surface area contributed by atoms with Gasteiger partial charge in [0.25, 0.3) is 5.69 Å². The summed E-state index contributed by atoms with van der Waals surface area (Å²) in [6, 6.07) is 23.7. The molecule has 0 saturated carbocycles. The van der Waals surface area contributed by atoms with E-state index >= 15 is 0 Å². The van der Waals surface area contributed by atoms with Crippen molar-refractivity contribution in [1.82, 2.24) is 0 Å². The summed E-state index contributed by atoms with van der Waals surface area (Å²) in [5, 5.41) is 19.0. The number of nitro groups is 1. The van der Waals surface area contributed by atoms with Gasteiger partial charge in [-0.15, -0.1) is 0 Å². The summed E-state index contributed by atoms with van der Waals surface area (Å²) in [5.74, 6) is 0. The van der Waals surface area contributed by atoms with Gasteiger partial charge in [0.2, 0.25) is 0 Å². The molecule has 0 aliphatic rings. The van der Waals surface area contributed by atoms with Crippen LogP contribution in [0, 0.1) is 10.1 Å². The first-order chi connectivity index (χ1) is 11.7. The Morgan fingerprint density at radius 3 is 1.75 bits per heavy atom. The molecule has 0 aliphatic heterocycles. The average molecular weight is 335 g/mol. The second-order valence-electron chi connectivity index (χ2n) is 4.88. The van der Waals surface area contributed by atoms with E-state index in [4.69, 9.17) is 0 Å². The molecule has 0 fully saturated rings. The molecule has 0 saturated heterocycles. The van der Waals surface area contributed by atoms with Crippen LogP contribution < -0.4 is 0 Å². The van der Waals surface area contributed by atoms with E-state index in [-0.39, 0.29) is 5.69 Å². The predicted molar refractivity (Wildman–Crippen MR) is 94.3 cm³/mol. The molecular formula is C18H13N3O2S. The van der Waals surface area contributed by atoms with Crippen LogP contribution in [-0.2, 0) is 0 Å². The summed E-state index contributed by atoms with van der Waals surface area (Å²) >= 11 is 1.54. The molecule has 5 nitrogen and oxygen atoms in total. The molecule has 0 atom stereocenters. The largest absolute Gasteiger partial charge is 0.269 e. The Hall–Kier alpha value is -2.99. The van der Waals surface area contributed by atoms with E-state index in [1.165, 1.54) is 23.9 Å². The smallest absolute Gasteiger partial charge is 0.258 e. The lowest BCUT2D eigenvalue weighted by Gasteiger charge is -2.02. The quantitative estimate of drug-likeness (QED) is 0.318. The highest BCUT2D eigenvalue weighted by Crippen LogP contribution is 2.30. The molecule has 0 heterocycles. The van der Waals surface area contributed by atoms with Crippen LogP contribution in [-0.4, -0.2) is 4.92 Å². The summed E-state index contributed by atoms with van der Waals surface area (Å²) in [6.07, 6.45) is 0. The Bertz CT molecular complexity index is 848. The minimum atomic E-state index is -0.402. The van der Waals surface area contributed by atoms with Crippen molar-refractivity contribution in [2.75, 3.05) is 0 Å². The standard InChI is InChI=1S/C18H13N3O2S/c22-21(23)16-8-12-18(13-9-16)24-17-10-6-15(7-11-17)20-19-14-4-2-1-3-5-14/h1-13H. The van der Waals surface area contributed by atoms with E-state index in [9.17, 15) is 10.1 Å². The van der Waals surface area contributed by atoms with Crippen molar-refractivity contribution in [3.63, 3.8) is 0 Å². The Balaban J connectivity index is 1.66. The minimum Gasteiger partial charge on any atom is -0.258 e. The third kappa shape index (κ3) is 4.27. The highest BCUT2D eigenvalue weighted by atomic mass is 32.2. The summed E-state index contributed by atoms with van der Waals surface area (Å²) in [4.78, 5) is 12.2. The summed E-state index contributed by atoms with van der Waals surface area (Å²) in [7, 11) is 0. The molecule has 3 aromatic rings. The molecular weight excluding hydrogens is 322 g/mol. The maximum Gasteiger partial charge on any atom is 0.269 e. The minimum absolute atomic E-state index is 0.0935. The van der Waals surface area contributed by atoms with Crippen molar-refractivity contribution >= 4 is 28.8 Å². The number of nitro benzene ring substituents is 1. The van der Waals surface area contributed by atoms with Crippen LogP contribution in [0.5, 0.6) is 0 Å². The van der Waals surface area contributed by atoms with Crippen LogP contribution in [0.4, 0.5) is 17.1 Å². The van der Waals surface area contributed by atoms with Gasteiger partial charge in [-0.2, -0.15) is 10.2 Å². The number of hydrogen-bond acceptors (Lipinski definition) is 5. The molecule has 3 rings (SSSR count). The highest BCUT2D eigenvalue weighted by Gasteiger charge is 2.04. The lowest BCUT2D eigenvalue weighted by atomic mass is 10.3. The molecule has 3 aromatic carbocycles. The number of azo groups is 1. The summed E-state index contributed by atoms with van der Waals surface area (Å²) < 4.78 is 0. The zero-order valence-corrected chi connectivity index (χ0v) is 13.4. The van der Waals surface area contributed by atoms with E-state index in [1.54, 1.807) is 12.1 Å². The van der Waals surface area contributed by atoms with Crippen molar-refractivity contribution in [3.8, 4) is 0 Å². The summed E-state index contributed by atoms with van der Waals surface area (Å²) in [6.45, 7) is 0. The number of rotatable bonds is 5. The van der Waals surface area contributed by atoms with Crippen molar-refractivity contribution in [2.24, 2.45) is 10.2 Å². The molecule has 0 radical (unpaired) electrons. The third-order valence-electron chi connectivity index (χ3n) is 3.16. The molecule has 0 bridgehead atoms. The van der Waals surface area contributed by atoms with Crippen molar-refractivity contribution in [2.45, 2.75) is 9.79 Å². The van der Waals surface area contributed by atoms with Crippen LogP contribution in [0.2, 0.25) is 0 Å². The van der Waals surface area contributed by atoms with Gasteiger partial charge in [0.05, 0.1) is 16.3 Å². The zero-order chi connectivity index (χ0) is 16.8. The Morgan fingerprint density at radius 2 is 1.21 bits per heavy atom. The molecule has 24 heavy (non-hydrogen) atoms. The van der Waals surface area contributed by atoms with Gasteiger partial charge in [-0.1, -0.05) is 30.0 Å². The van der Waals surface area contributed by atoms with Crippen molar-refractivity contribution < 1.29 is 4.92 Å². The fourth-order valence-electron chi connectivity index (χ4n) is 1.96. The normalized spacial score (nSPS) is 10.8. The van der Waals surface area contributed by atoms with E-state index in [0.29, 0.717) is 0 Å². The first-order valence-electron chi connectivity index (χ1n) is 7.20. The SMILES string of the molecule is O=[N+]([O-])c1ccc(Sc2ccc(N=Nc3ccccc3)cc2)cc1. The summed E-state index contributed by atoms with van der Waals surface area (Å²) in [5.41, 5.74) is 1.67. The molecule has 118 valence electrons. The van der Waals surface area contributed by atoms with Gasteiger partial charge in [0.1, 0.15) is 0 Å². The van der Waals surface area contributed by atoms with Crippen molar-refractivity contribution in [1.29, 1.82) is 0 Å². The second kappa shape index (κ2) is 7.52. The molecule has 0 spiro atoms. The van der Waals surface area contributed by atoms with Crippen LogP contribution >= 0.6 is 11.8 Å². The molecule has 0 N–H and O–H groups in total. The van der Waals surface area contributed by atoms with E-state index in [0.717, 1.165) is 21.2 Å². The van der Waals surface area contributed by atoms with Gasteiger partial charge < -0.3 is 0 Å².